The molecule has 21 heavy (non-hydrogen) atoms. The number of halogens is 2. The first kappa shape index (κ1) is 14.4. The number of benzene rings is 1. The van der Waals surface area contributed by atoms with E-state index in [0.29, 0.717) is 16.4 Å². The van der Waals surface area contributed by atoms with E-state index in [1.165, 1.54) is 12.0 Å². The van der Waals surface area contributed by atoms with Crippen LogP contribution in [0, 0.1) is 11.3 Å². The Kier molecular flexibility index (Phi) is 4.14. The van der Waals surface area contributed by atoms with Crippen LogP contribution >= 0.6 is 27.5 Å². The van der Waals surface area contributed by atoms with Crippen molar-refractivity contribution < 1.29 is 0 Å². The molecule has 0 atom stereocenters. The van der Waals surface area contributed by atoms with Crippen molar-refractivity contribution in [1.29, 1.82) is 5.26 Å². The summed E-state index contributed by atoms with van der Waals surface area (Å²) >= 11 is 9.42. The number of rotatable bonds is 2. The molecule has 0 fully saturated rings. The van der Waals surface area contributed by atoms with Crippen LogP contribution in [-0.4, -0.2) is 4.98 Å². The third kappa shape index (κ3) is 3.04. The first-order valence-corrected chi connectivity index (χ1v) is 7.99. The molecule has 0 radical (unpaired) electrons. The smallest absolute Gasteiger partial charge is 0.148 e. The van der Waals surface area contributed by atoms with E-state index in [2.05, 4.69) is 32.3 Å². The summed E-state index contributed by atoms with van der Waals surface area (Å²) in [5.41, 5.74) is 3.74. The minimum absolute atomic E-state index is 0.581. The van der Waals surface area contributed by atoms with Crippen LogP contribution in [-0.2, 0) is 12.8 Å². The fourth-order valence-corrected chi connectivity index (χ4v) is 3.31. The summed E-state index contributed by atoms with van der Waals surface area (Å²) in [6, 6.07) is 9.68. The van der Waals surface area contributed by atoms with E-state index < -0.39 is 0 Å². The van der Waals surface area contributed by atoms with Gasteiger partial charge in [-0.25, -0.2) is 4.98 Å². The van der Waals surface area contributed by atoms with Crippen LogP contribution in [0.5, 0.6) is 0 Å². The minimum Gasteiger partial charge on any atom is -0.338 e. The van der Waals surface area contributed by atoms with Crippen LogP contribution in [0.2, 0.25) is 5.02 Å². The summed E-state index contributed by atoms with van der Waals surface area (Å²) in [7, 11) is 0. The van der Waals surface area contributed by atoms with Crippen LogP contribution in [0.25, 0.3) is 0 Å². The van der Waals surface area contributed by atoms with Gasteiger partial charge in [-0.3, -0.25) is 0 Å². The van der Waals surface area contributed by atoms with Gasteiger partial charge >= 0.3 is 0 Å². The number of pyridine rings is 1. The normalized spacial score (nSPS) is 13.4. The first-order chi connectivity index (χ1) is 10.2. The minimum atomic E-state index is 0.581. The van der Waals surface area contributed by atoms with Crippen molar-refractivity contribution in [2.45, 2.75) is 25.7 Å². The summed E-state index contributed by atoms with van der Waals surface area (Å²) < 4.78 is 0.846. The molecule has 3 nitrogen and oxygen atoms in total. The van der Waals surface area contributed by atoms with Gasteiger partial charge in [0, 0.05) is 15.2 Å². The molecule has 0 amide bonds. The molecule has 3 rings (SSSR count). The lowest BCUT2D eigenvalue weighted by Gasteiger charge is -2.17. The van der Waals surface area contributed by atoms with Crippen molar-refractivity contribution in [3.63, 3.8) is 0 Å². The average Bonchev–Trinajstić information content (AvgIpc) is 2.49. The second-order valence-electron chi connectivity index (χ2n) is 5.06. The van der Waals surface area contributed by atoms with Gasteiger partial charge in [0.1, 0.15) is 11.9 Å². The van der Waals surface area contributed by atoms with E-state index in [-0.39, 0.29) is 0 Å². The maximum Gasteiger partial charge on any atom is 0.148 e. The van der Waals surface area contributed by atoms with Gasteiger partial charge in [0.25, 0.3) is 0 Å². The highest BCUT2D eigenvalue weighted by molar-refractivity contribution is 9.10. The molecule has 0 unspecified atom stereocenters. The van der Waals surface area contributed by atoms with Crippen molar-refractivity contribution in [2.75, 3.05) is 5.32 Å². The number of fused-ring (bicyclic) bond motifs is 1. The van der Waals surface area contributed by atoms with Crippen LogP contribution in [0.3, 0.4) is 0 Å². The number of nitrogens with zero attached hydrogens (tertiary/aromatic N) is 2. The van der Waals surface area contributed by atoms with Crippen molar-refractivity contribution in [3.8, 4) is 6.07 Å². The molecule has 2 aromatic rings. The number of hydrogen-bond acceptors (Lipinski definition) is 3. The van der Waals surface area contributed by atoms with E-state index in [1.807, 2.05) is 18.2 Å². The third-order valence-corrected chi connectivity index (χ3v) is 4.50. The van der Waals surface area contributed by atoms with Crippen molar-refractivity contribution in [2.24, 2.45) is 0 Å². The highest BCUT2D eigenvalue weighted by atomic mass is 79.9. The molecule has 5 heteroatoms. The Morgan fingerprint density at radius 3 is 2.81 bits per heavy atom. The van der Waals surface area contributed by atoms with E-state index in [1.54, 1.807) is 6.07 Å². The molecule has 0 saturated carbocycles. The molecule has 1 aromatic carbocycles. The first-order valence-electron chi connectivity index (χ1n) is 6.82. The van der Waals surface area contributed by atoms with Gasteiger partial charge in [0.05, 0.1) is 11.3 Å². The second kappa shape index (κ2) is 6.05. The molecular formula is C16H13BrClN3. The molecule has 0 spiro atoms. The van der Waals surface area contributed by atoms with E-state index in [0.717, 1.165) is 35.1 Å². The molecule has 0 saturated heterocycles. The number of aromatic nitrogens is 1. The summed E-state index contributed by atoms with van der Waals surface area (Å²) in [6.07, 6.45) is 4.34. The van der Waals surface area contributed by atoms with Crippen LogP contribution < -0.4 is 5.32 Å². The molecule has 0 bridgehead atoms. The molecule has 1 N–H and O–H groups in total. The number of nitriles is 1. The lowest BCUT2D eigenvalue weighted by Crippen LogP contribution is -2.09. The third-order valence-electron chi connectivity index (χ3n) is 3.61. The Morgan fingerprint density at radius 2 is 2.05 bits per heavy atom. The summed E-state index contributed by atoms with van der Waals surface area (Å²) in [5.74, 6) is 0.612. The Balaban J connectivity index is 1.99. The highest BCUT2D eigenvalue weighted by Gasteiger charge is 2.15. The molecule has 106 valence electrons. The lowest BCUT2D eigenvalue weighted by molar-refractivity contribution is 0.668. The van der Waals surface area contributed by atoms with E-state index in [4.69, 9.17) is 11.6 Å². The predicted molar refractivity (Wildman–Crippen MR) is 88.0 cm³/mol. The van der Waals surface area contributed by atoms with Crippen molar-refractivity contribution in [1.82, 2.24) is 4.98 Å². The maximum absolute atomic E-state index is 9.35. The predicted octanol–water partition coefficient (Wildman–Crippen LogP) is 4.99. The Labute approximate surface area is 137 Å². The van der Waals surface area contributed by atoms with Gasteiger partial charge in [-0.2, -0.15) is 5.26 Å². The molecule has 1 aliphatic carbocycles. The molecule has 0 aliphatic heterocycles. The standard InChI is InChI=1S/C16H13BrClN3/c17-13-8-12(18)5-6-15(13)21-16-11(9-19)7-10-3-1-2-4-14(10)20-16/h5-8H,1-4H2,(H,20,21). The fraction of sp³-hybridized carbons (Fsp3) is 0.250. The van der Waals surface area contributed by atoms with Crippen molar-refractivity contribution >= 4 is 39.0 Å². The molecule has 1 aliphatic rings. The Bertz CT molecular complexity index is 737. The van der Waals surface area contributed by atoms with Crippen LogP contribution in [0.1, 0.15) is 29.7 Å². The molecular weight excluding hydrogens is 350 g/mol. The fourth-order valence-electron chi connectivity index (χ4n) is 2.53. The van der Waals surface area contributed by atoms with Crippen molar-refractivity contribution in [3.05, 3.63) is 50.6 Å². The Morgan fingerprint density at radius 1 is 1.24 bits per heavy atom. The second-order valence-corrected chi connectivity index (χ2v) is 6.35. The van der Waals surface area contributed by atoms with Gasteiger partial charge in [-0.1, -0.05) is 11.6 Å². The monoisotopic (exact) mass is 361 g/mol. The summed E-state index contributed by atoms with van der Waals surface area (Å²) in [5, 5.41) is 13.2. The zero-order valence-electron chi connectivity index (χ0n) is 11.3. The zero-order valence-corrected chi connectivity index (χ0v) is 13.6. The number of aryl methyl sites for hydroxylation is 2. The number of anilines is 2. The van der Waals surface area contributed by atoms with E-state index in [9.17, 15) is 5.26 Å². The Hall–Kier alpha value is -1.57. The highest BCUT2D eigenvalue weighted by Crippen LogP contribution is 2.31. The van der Waals surface area contributed by atoms with Gasteiger partial charge in [-0.15, -0.1) is 0 Å². The van der Waals surface area contributed by atoms with Crippen LogP contribution in [0.15, 0.2) is 28.7 Å². The topological polar surface area (TPSA) is 48.7 Å². The van der Waals surface area contributed by atoms with Gasteiger partial charge < -0.3 is 5.32 Å². The lowest BCUT2D eigenvalue weighted by atomic mass is 9.95. The quantitative estimate of drug-likeness (QED) is 0.818. The summed E-state index contributed by atoms with van der Waals surface area (Å²) in [6.45, 7) is 0. The maximum atomic E-state index is 9.35. The molecule has 1 aromatic heterocycles. The van der Waals surface area contributed by atoms with Crippen LogP contribution in [0.4, 0.5) is 11.5 Å². The zero-order chi connectivity index (χ0) is 14.8. The largest absolute Gasteiger partial charge is 0.338 e. The van der Waals surface area contributed by atoms with E-state index >= 15 is 0 Å². The number of nitrogens with one attached hydrogen (secondary N) is 1. The van der Waals surface area contributed by atoms with Gasteiger partial charge in [0.15, 0.2) is 0 Å². The summed E-state index contributed by atoms with van der Waals surface area (Å²) in [4.78, 5) is 4.66. The van der Waals surface area contributed by atoms with Gasteiger partial charge in [0.2, 0.25) is 0 Å². The average molecular weight is 363 g/mol. The molecule has 1 heterocycles. The van der Waals surface area contributed by atoms with Gasteiger partial charge in [-0.05, 0) is 71.4 Å². The number of hydrogen-bond donors (Lipinski definition) is 1. The SMILES string of the molecule is N#Cc1cc2c(nc1Nc1ccc(Cl)cc1Br)CCCC2.